The quantitative estimate of drug-likeness (QED) is 0.790. The largest absolute Gasteiger partial charge is 0.341 e. The minimum absolute atomic E-state index is 0.156. The van der Waals surface area contributed by atoms with Crippen LogP contribution in [0.3, 0.4) is 0 Å². The van der Waals surface area contributed by atoms with Crippen LogP contribution in [-0.2, 0) is 14.6 Å². The van der Waals surface area contributed by atoms with Crippen molar-refractivity contribution in [1.82, 2.24) is 10.2 Å². The number of likely N-dealkylation sites (tertiary alicyclic amines) is 1. The highest BCUT2D eigenvalue weighted by molar-refractivity contribution is 7.93. The average molecular weight is 359 g/mol. The Morgan fingerprint density at radius 2 is 1.79 bits per heavy atom. The lowest BCUT2D eigenvalue weighted by Crippen LogP contribution is -2.52. The Balaban J connectivity index is 2.15. The SMILES string of the molecule is CNCC1CCCN(C(=O)C(C(C)C)S(=O)(=O)C2CCCCC2)C1. The number of hydrogen-bond acceptors (Lipinski definition) is 4. The lowest BCUT2D eigenvalue weighted by Gasteiger charge is -2.37. The molecule has 1 aliphatic heterocycles. The van der Waals surface area contributed by atoms with E-state index in [9.17, 15) is 13.2 Å². The van der Waals surface area contributed by atoms with Gasteiger partial charge in [0.05, 0.1) is 5.25 Å². The molecule has 1 aliphatic carbocycles. The summed E-state index contributed by atoms with van der Waals surface area (Å²) in [6.45, 7) is 6.01. The third kappa shape index (κ3) is 4.51. The van der Waals surface area contributed by atoms with Gasteiger partial charge in [0.2, 0.25) is 5.91 Å². The van der Waals surface area contributed by atoms with Crippen LogP contribution in [0.1, 0.15) is 58.8 Å². The summed E-state index contributed by atoms with van der Waals surface area (Å²) in [5.41, 5.74) is 0. The summed E-state index contributed by atoms with van der Waals surface area (Å²) in [5.74, 6) is 0.100. The molecule has 1 saturated heterocycles. The first-order valence-electron chi connectivity index (χ1n) is 9.54. The average Bonchev–Trinajstić information content (AvgIpc) is 2.55. The summed E-state index contributed by atoms with van der Waals surface area (Å²) < 4.78 is 26.3. The van der Waals surface area contributed by atoms with E-state index < -0.39 is 15.1 Å². The molecule has 0 bridgehead atoms. The van der Waals surface area contributed by atoms with Gasteiger partial charge in [-0.25, -0.2) is 8.42 Å². The highest BCUT2D eigenvalue weighted by Crippen LogP contribution is 2.30. The van der Waals surface area contributed by atoms with Crippen LogP contribution >= 0.6 is 0 Å². The van der Waals surface area contributed by atoms with E-state index in [-0.39, 0.29) is 17.1 Å². The lowest BCUT2D eigenvalue weighted by molar-refractivity contribution is -0.133. The van der Waals surface area contributed by atoms with Gasteiger partial charge in [-0.15, -0.1) is 0 Å². The first-order chi connectivity index (χ1) is 11.4. The van der Waals surface area contributed by atoms with Crippen LogP contribution in [0.25, 0.3) is 0 Å². The molecule has 2 fully saturated rings. The van der Waals surface area contributed by atoms with Crippen LogP contribution in [-0.4, -0.2) is 56.4 Å². The summed E-state index contributed by atoms with van der Waals surface area (Å²) in [6.07, 6.45) is 6.57. The molecule has 0 radical (unpaired) electrons. The van der Waals surface area contributed by atoms with Gasteiger partial charge in [-0.05, 0) is 51.1 Å². The number of hydrogen-bond donors (Lipinski definition) is 1. The highest BCUT2D eigenvalue weighted by Gasteiger charge is 2.43. The van der Waals surface area contributed by atoms with Gasteiger partial charge in [-0.1, -0.05) is 33.1 Å². The Hall–Kier alpha value is -0.620. The molecule has 6 heteroatoms. The van der Waals surface area contributed by atoms with Crippen molar-refractivity contribution in [1.29, 1.82) is 0 Å². The summed E-state index contributed by atoms with van der Waals surface area (Å²) in [4.78, 5) is 14.9. The van der Waals surface area contributed by atoms with Gasteiger partial charge in [-0.3, -0.25) is 4.79 Å². The van der Waals surface area contributed by atoms with Crippen LogP contribution in [0.4, 0.5) is 0 Å². The van der Waals surface area contributed by atoms with Gasteiger partial charge < -0.3 is 10.2 Å². The number of piperidine rings is 1. The molecule has 5 nitrogen and oxygen atoms in total. The molecule has 140 valence electrons. The fourth-order valence-corrected chi connectivity index (χ4v) is 6.90. The molecule has 2 rings (SSSR count). The van der Waals surface area contributed by atoms with Crippen LogP contribution in [0, 0.1) is 11.8 Å². The molecular weight excluding hydrogens is 324 g/mol. The minimum atomic E-state index is -3.41. The molecule has 2 atom stereocenters. The number of carbonyl (C=O) groups is 1. The van der Waals surface area contributed by atoms with E-state index in [1.807, 2.05) is 25.8 Å². The van der Waals surface area contributed by atoms with Crippen molar-refractivity contribution in [2.75, 3.05) is 26.7 Å². The van der Waals surface area contributed by atoms with E-state index >= 15 is 0 Å². The second kappa shape index (κ2) is 8.65. The molecule has 1 saturated carbocycles. The molecule has 2 aliphatic rings. The van der Waals surface area contributed by atoms with Crippen LogP contribution in [0.15, 0.2) is 0 Å². The fraction of sp³-hybridized carbons (Fsp3) is 0.944. The summed E-state index contributed by atoms with van der Waals surface area (Å²) in [6, 6.07) is 0. The van der Waals surface area contributed by atoms with E-state index in [0.29, 0.717) is 19.0 Å². The zero-order chi connectivity index (χ0) is 17.7. The van der Waals surface area contributed by atoms with Crippen molar-refractivity contribution in [2.45, 2.75) is 69.3 Å². The Morgan fingerprint density at radius 3 is 2.38 bits per heavy atom. The van der Waals surface area contributed by atoms with Crippen LogP contribution in [0.2, 0.25) is 0 Å². The molecular formula is C18H34N2O3S. The van der Waals surface area contributed by atoms with Crippen molar-refractivity contribution in [3.05, 3.63) is 0 Å². The maximum Gasteiger partial charge on any atom is 0.241 e. The first kappa shape index (κ1) is 19.7. The van der Waals surface area contributed by atoms with Gasteiger partial charge >= 0.3 is 0 Å². The summed E-state index contributed by atoms with van der Waals surface area (Å²) >= 11 is 0. The Kier molecular flexibility index (Phi) is 7.10. The van der Waals surface area contributed by atoms with E-state index in [1.165, 1.54) is 0 Å². The lowest BCUT2D eigenvalue weighted by atomic mass is 9.97. The van der Waals surface area contributed by atoms with Gasteiger partial charge in [-0.2, -0.15) is 0 Å². The van der Waals surface area contributed by atoms with Gasteiger partial charge in [0.1, 0.15) is 5.25 Å². The zero-order valence-electron chi connectivity index (χ0n) is 15.5. The maximum absolute atomic E-state index is 13.2. The highest BCUT2D eigenvalue weighted by atomic mass is 32.2. The van der Waals surface area contributed by atoms with E-state index in [0.717, 1.165) is 51.5 Å². The summed E-state index contributed by atoms with van der Waals surface area (Å²) in [7, 11) is -1.49. The zero-order valence-corrected chi connectivity index (χ0v) is 16.3. The van der Waals surface area contributed by atoms with Crippen molar-refractivity contribution in [3.63, 3.8) is 0 Å². The number of amides is 1. The molecule has 1 amide bonds. The molecule has 1 N–H and O–H groups in total. The normalized spacial score (nSPS) is 25.0. The number of nitrogens with zero attached hydrogens (tertiary/aromatic N) is 1. The molecule has 2 unspecified atom stereocenters. The molecule has 24 heavy (non-hydrogen) atoms. The Bertz CT molecular complexity index is 510. The first-order valence-corrected chi connectivity index (χ1v) is 11.1. The monoisotopic (exact) mass is 358 g/mol. The smallest absolute Gasteiger partial charge is 0.241 e. The molecule has 0 aromatic heterocycles. The number of rotatable bonds is 6. The molecule has 0 aromatic carbocycles. The van der Waals surface area contributed by atoms with Crippen molar-refractivity contribution >= 4 is 15.7 Å². The van der Waals surface area contributed by atoms with E-state index in [2.05, 4.69) is 5.32 Å². The van der Waals surface area contributed by atoms with Gasteiger partial charge in [0.25, 0.3) is 0 Å². The van der Waals surface area contributed by atoms with Crippen molar-refractivity contribution in [3.8, 4) is 0 Å². The summed E-state index contributed by atoms with van der Waals surface area (Å²) in [5, 5.41) is 1.99. The fourth-order valence-electron chi connectivity index (χ4n) is 4.31. The topological polar surface area (TPSA) is 66.5 Å². The standard InChI is InChI=1S/C18H34N2O3S/c1-14(2)17(24(22,23)16-9-5-4-6-10-16)18(21)20-11-7-8-15(13-20)12-19-3/h14-17,19H,4-13H2,1-3H3. The second-order valence-corrected chi connectivity index (χ2v) is 10.2. The van der Waals surface area contributed by atoms with Crippen LogP contribution in [0.5, 0.6) is 0 Å². The molecule has 0 spiro atoms. The Labute approximate surface area is 147 Å². The Morgan fingerprint density at radius 1 is 1.12 bits per heavy atom. The predicted octanol–water partition coefficient (Wildman–Crippen LogP) is 2.22. The van der Waals surface area contributed by atoms with Crippen molar-refractivity contribution in [2.24, 2.45) is 11.8 Å². The molecule has 1 heterocycles. The van der Waals surface area contributed by atoms with Gasteiger partial charge in [0.15, 0.2) is 9.84 Å². The number of carbonyl (C=O) groups excluding carboxylic acids is 1. The number of nitrogens with one attached hydrogen (secondary N) is 1. The van der Waals surface area contributed by atoms with Crippen molar-refractivity contribution < 1.29 is 13.2 Å². The molecule has 0 aromatic rings. The van der Waals surface area contributed by atoms with Gasteiger partial charge in [0, 0.05) is 13.1 Å². The third-order valence-corrected chi connectivity index (χ3v) is 8.40. The van der Waals surface area contributed by atoms with E-state index in [1.54, 1.807) is 0 Å². The maximum atomic E-state index is 13.2. The van der Waals surface area contributed by atoms with Crippen LogP contribution < -0.4 is 5.32 Å². The predicted molar refractivity (Wildman–Crippen MR) is 97.6 cm³/mol. The third-order valence-electron chi connectivity index (χ3n) is 5.54. The van der Waals surface area contributed by atoms with E-state index in [4.69, 9.17) is 0 Å². The minimum Gasteiger partial charge on any atom is -0.341 e. The number of sulfone groups is 1. The second-order valence-electron chi connectivity index (χ2n) is 7.86.